The maximum absolute atomic E-state index is 13.4. The van der Waals surface area contributed by atoms with Crippen molar-refractivity contribution >= 4 is 32.7 Å². The first kappa shape index (κ1) is 23.2. The van der Waals surface area contributed by atoms with E-state index in [0.29, 0.717) is 31.2 Å². The van der Waals surface area contributed by atoms with E-state index in [2.05, 4.69) is 15.3 Å². The monoisotopic (exact) mass is 477 g/mol. The first-order valence-electron chi connectivity index (χ1n) is 10.7. The van der Waals surface area contributed by atoms with Gasteiger partial charge in [0.1, 0.15) is 6.04 Å². The summed E-state index contributed by atoms with van der Waals surface area (Å²) in [5.74, 6) is -0.697. The van der Waals surface area contributed by atoms with Crippen molar-refractivity contribution in [3.8, 4) is 0 Å². The van der Waals surface area contributed by atoms with Gasteiger partial charge < -0.3 is 15.0 Å². The molecule has 1 aliphatic rings. The fraction of sp³-hybridized carbons (Fsp3) is 0.455. The number of halogens is 2. The molecule has 8 nitrogen and oxygen atoms in total. The van der Waals surface area contributed by atoms with Crippen molar-refractivity contribution in [3.63, 3.8) is 0 Å². The number of carbonyl (C=O) groups is 1. The molecule has 0 bridgehead atoms. The molecule has 4 rings (SSSR count). The van der Waals surface area contributed by atoms with Crippen LogP contribution in [0.25, 0.3) is 10.3 Å². The Morgan fingerprint density at radius 3 is 2.67 bits per heavy atom. The minimum Gasteiger partial charge on any atom is -0.380 e. The fourth-order valence-electron chi connectivity index (χ4n) is 4.00. The molecular weight excluding hydrogens is 452 g/mol. The van der Waals surface area contributed by atoms with Crippen molar-refractivity contribution in [1.82, 2.24) is 19.9 Å². The first-order chi connectivity index (χ1) is 15.9. The Bertz CT molecular complexity index is 1200. The minimum atomic E-state index is -2.86. The van der Waals surface area contributed by atoms with Crippen molar-refractivity contribution < 1.29 is 18.3 Å². The van der Waals surface area contributed by atoms with Crippen LogP contribution in [0, 0.1) is 0 Å². The molecule has 0 aliphatic carbocycles. The highest BCUT2D eigenvalue weighted by Gasteiger charge is 2.33. The summed E-state index contributed by atoms with van der Waals surface area (Å²) in [4.78, 5) is 36.0. The van der Waals surface area contributed by atoms with Gasteiger partial charge in [-0.3, -0.25) is 14.2 Å². The molecule has 176 valence electrons. The highest BCUT2D eigenvalue weighted by molar-refractivity contribution is 7.21. The molecule has 11 heteroatoms. The van der Waals surface area contributed by atoms with E-state index in [4.69, 9.17) is 4.74 Å². The van der Waals surface area contributed by atoms with Crippen molar-refractivity contribution in [2.24, 2.45) is 0 Å². The third kappa shape index (κ3) is 4.74. The molecule has 1 aromatic carbocycles. The number of alkyl halides is 2. The number of carbonyl (C=O) groups excluding carboxylic acids is 1. The lowest BCUT2D eigenvalue weighted by Gasteiger charge is -2.23. The molecule has 1 saturated heterocycles. The summed E-state index contributed by atoms with van der Waals surface area (Å²) < 4.78 is 32.8. The number of anilines is 1. The maximum Gasteiger partial charge on any atom is 0.295 e. The molecule has 33 heavy (non-hydrogen) atoms. The lowest BCUT2D eigenvalue weighted by Crippen LogP contribution is -2.43. The van der Waals surface area contributed by atoms with Gasteiger partial charge in [-0.05, 0) is 30.9 Å². The van der Waals surface area contributed by atoms with Crippen LogP contribution in [0.4, 0.5) is 13.9 Å². The molecule has 1 aliphatic heterocycles. The topological polar surface area (TPSA) is 89.3 Å². The van der Waals surface area contributed by atoms with Gasteiger partial charge in [0.25, 0.3) is 12.0 Å². The van der Waals surface area contributed by atoms with Crippen LogP contribution in [0.5, 0.6) is 0 Å². The number of amides is 1. The van der Waals surface area contributed by atoms with Gasteiger partial charge in [-0.1, -0.05) is 35.6 Å². The van der Waals surface area contributed by atoms with Crippen molar-refractivity contribution in [2.75, 3.05) is 18.6 Å². The van der Waals surface area contributed by atoms with E-state index in [-0.39, 0.29) is 22.8 Å². The number of methoxy groups -OCH3 is 1. The highest BCUT2D eigenvalue weighted by Crippen LogP contribution is 2.32. The van der Waals surface area contributed by atoms with Crippen LogP contribution in [-0.4, -0.2) is 40.1 Å². The van der Waals surface area contributed by atoms with E-state index in [0.717, 1.165) is 33.5 Å². The third-order valence-corrected chi connectivity index (χ3v) is 6.64. The molecule has 1 N–H and O–H groups in total. The summed E-state index contributed by atoms with van der Waals surface area (Å²) in [6.07, 6.45) is -1.43. The molecule has 0 spiro atoms. The Balaban J connectivity index is 1.52. The summed E-state index contributed by atoms with van der Waals surface area (Å²) in [7, 11) is 1.64. The van der Waals surface area contributed by atoms with Crippen LogP contribution in [-0.2, 0) is 29.2 Å². The summed E-state index contributed by atoms with van der Waals surface area (Å²) in [6, 6.07) is 7.36. The third-order valence-electron chi connectivity index (χ3n) is 5.65. The molecular formula is C22H25F2N5O3S. The molecule has 3 heterocycles. The van der Waals surface area contributed by atoms with Crippen molar-refractivity contribution in [2.45, 2.75) is 51.9 Å². The normalized spacial score (nSPS) is 16.2. The van der Waals surface area contributed by atoms with Gasteiger partial charge in [-0.15, -0.1) is 0 Å². The van der Waals surface area contributed by atoms with Gasteiger partial charge in [0.05, 0.1) is 6.61 Å². The van der Waals surface area contributed by atoms with Crippen LogP contribution in [0.15, 0.2) is 29.1 Å². The first-order valence-corrected chi connectivity index (χ1v) is 11.5. The van der Waals surface area contributed by atoms with Gasteiger partial charge in [0, 0.05) is 26.7 Å². The quantitative estimate of drug-likeness (QED) is 0.536. The van der Waals surface area contributed by atoms with Crippen LogP contribution in [0.3, 0.4) is 0 Å². The second-order valence-electron chi connectivity index (χ2n) is 7.79. The predicted octanol–water partition coefficient (Wildman–Crippen LogP) is 3.24. The Labute approximate surface area is 193 Å². The Hall–Kier alpha value is -2.92. The summed E-state index contributed by atoms with van der Waals surface area (Å²) >= 11 is 1.07. The fourth-order valence-corrected chi connectivity index (χ4v) is 5.02. The zero-order chi connectivity index (χ0) is 23.5. The lowest BCUT2D eigenvalue weighted by molar-refractivity contribution is -0.122. The van der Waals surface area contributed by atoms with Crippen LogP contribution >= 0.6 is 11.3 Å². The Kier molecular flexibility index (Phi) is 6.99. The molecule has 2 aromatic heterocycles. The van der Waals surface area contributed by atoms with Crippen LogP contribution in [0.2, 0.25) is 0 Å². The molecule has 1 fully saturated rings. The number of hydrogen-bond donors (Lipinski definition) is 1. The van der Waals surface area contributed by atoms with Gasteiger partial charge in [0.15, 0.2) is 21.3 Å². The van der Waals surface area contributed by atoms with Gasteiger partial charge in [-0.2, -0.15) is 0 Å². The van der Waals surface area contributed by atoms with Crippen molar-refractivity contribution in [1.29, 1.82) is 0 Å². The number of aromatic nitrogens is 3. The van der Waals surface area contributed by atoms with E-state index in [1.807, 2.05) is 29.2 Å². The number of nitrogens with zero attached hydrogens (tertiary/aromatic N) is 4. The largest absolute Gasteiger partial charge is 0.380 e. The zero-order valence-electron chi connectivity index (χ0n) is 18.4. The molecule has 3 aromatic rings. The average molecular weight is 478 g/mol. The molecule has 0 radical (unpaired) electrons. The Morgan fingerprint density at radius 1 is 1.27 bits per heavy atom. The number of thiazole rings is 1. The molecule has 1 amide bonds. The zero-order valence-corrected chi connectivity index (χ0v) is 19.2. The van der Waals surface area contributed by atoms with Crippen molar-refractivity contribution in [3.05, 3.63) is 51.6 Å². The van der Waals surface area contributed by atoms with Gasteiger partial charge in [0.2, 0.25) is 5.91 Å². The van der Waals surface area contributed by atoms with Crippen LogP contribution < -0.4 is 15.8 Å². The second-order valence-corrected chi connectivity index (χ2v) is 8.75. The molecule has 1 atom stereocenters. The van der Waals surface area contributed by atoms with E-state index in [9.17, 15) is 18.4 Å². The number of ether oxygens (including phenoxy) is 1. The lowest BCUT2D eigenvalue weighted by atomic mass is 10.1. The summed E-state index contributed by atoms with van der Waals surface area (Å²) in [5, 5.41) is 3.41. The van der Waals surface area contributed by atoms with Gasteiger partial charge >= 0.3 is 0 Å². The minimum absolute atomic E-state index is 0.0588. The predicted molar refractivity (Wildman–Crippen MR) is 122 cm³/mol. The molecule has 1 unspecified atom stereocenters. The molecule has 0 saturated carbocycles. The second kappa shape index (κ2) is 9.92. The SMILES string of the molecule is CCn1c(C(F)F)nc2sc(N3CCCC3C(=O)NCc3ccc(COC)cc3)nc2c1=O. The number of benzene rings is 1. The van der Waals surface area contributed by atoms with Gasteiger partial charge in [-0.25, -0.2) is 18.7 Å². The maximum atomic E-state index is 13.4. The standard InChI is InChI=1S/C22H25F2N5O3S/c1-3-28-18(17(23)24)27-20-16(21(28)31)26-22(33-20)29-10-4-5-15(29)19(30)25-11-13-6-8-14(9-7-13)12-32-2/h6-9,15,17H,3-5,10-12H2,1-2H3,(H,25,30). The van der Waals surface area contributed by atoms with E-state index >= 15 is 0 Å². The summed E-state index contributed by atoms with van der Waals surface area (Å²) in [6.45, 7) is 3.20. The number of fused-ring (bicyclic) bond motifs is 1. The average Bonchev–Trinajstić information content (AvgIpc) is 3.45. The Morgan fingerprint density at radius 2 is 2.00 bits per heavy atom. The number of hydrogen-bond acceptors (Lipinski definition) is 7. The number of rotatable bonds is 8. The smallest absolute Gasteiger partial charge is 0.295 e. The summed E-state index contributed by atoms with van der Waals surface area (Å²) in [5.41, 5.74) is 1.49. The van der Waals surface area contributed by atoms with E-state index in [1.165, 1.54) is 0 Å². The van der Waals surface area contributed by atoms with E-state index < -0.39 is 23.9 Å². The van der Waals surface area contributed by atoms with Crippen LogP contribution in [0.1, 0.15) is 43.1 Å². The highest BCUT2D eigenvalue weighted by atomic mass is 32.1. The van der Waals surface area contributed by atoms with E-state index in [1.54, 1.807) is 14.0 Å². The number of nitrogens with one attached hydrogen (secondary N) is 1.